The second kappa shape index (κ2) is 2.79. The summed E-state index contributed by atoms with van der Waals surface area (Å²) in [6, 6.07) is 1.62. The van der Waals surface area contributed by atoms with Crippen LogP contribution in [0, 0.1) is 0 Å². The van der Waals surface area contributed by atoms with E-state index >= 15 is 0 Å². The standard InChI is InChI=1S/C6H7NO2S/c1-10(9)7-3-2-6(4-7)5-8/h2-5H,1H3. The molecule has 4 heteroatoms. The fourth-order valence-corrected chi connectivity index (χ4v) is 1.12. The average molecular weight is 157 g/mol. The van der Waals surface area contributed by atoms with Gasteiger partial charge in [-0.2, -0.15) is 0 Å². The van der Waals surface area contributed by atoms with Gasteiger partial charge in [-0.1, -0.05) is 0 Å². The highest BCUT2D eigenvalue weighted by atomic mass is 32.2. The third kappa shape index (κ3) is 1.33. The Morgan fingerprint density at radius 2 is 2.40 bits per heavy atom. The molecule has 1 unspecified atom stereocenters. The number of nitrogens with zero attached hydrogens (tertiary/aromatic N) is 1. The molecular weight excluding hydrogens is 150 g/mol. The lowest BCUT2D eigenvalue weighted by Crippen LogP contribution is -1.96. The molecule has 0 N–H and O–H groups in total. The van der Waals surface area contributed by atoms with Crippen molar-refractivity contribution in [3.05, 3.63) is 24.0 Å². The largest absolute Gasteiger partial charge is 0.298 e. The summed E-state index contributed by atoms with van der Waals surface area (Å²) >= 11 is 0. The van der Waals surface area contributed by atoms with E-state index in [1.807, 2.05) is 0 Å². The summed E-state index contributed by atoms with van der Waals surface area (Å²) in [4.78, 5) is 10.1. The second-order valence-electron chi connectivity index (χ2n) is 1.85. The summed E-state index contributed by atoms with van der Waals surface area (Å²) in [5, 5.41) is 0. The Balaban J connectivity index is 2.98. The molecule has 1 rings (SSSR count). The van der Waals surface area contributed by atoms with Crippen LogP contribution in [0.3, 0.4) is 0 Å². The SMILES string of the molecule is CS(=O)n1ccc(C=O)c1. The first-order valence-corrected chi connectivity index (χ1v) is 4.22. The van der Waals surface area contributed by atoms with Gasteiger partial charge in [0.2, 0.25) is 0 Å². The third-order valence-corrected chi connectivity index (χ3v) is 1.94. The molecule has 0 amide bonds. The zero-order chi connectivity index (χ0) is 7.56. The van der Waals surface area contributed by atoms with Crippen LogP contribution < -0.4 is 0 Å². The number of carbonyl (C=O) groups excluding carboxylic acids is 1. The molecule has 1 atom stereocenters. The Kier molecular flexibility index (Phi) is 2.01. The van der Waals surface area contributed by atoms with Crippen LogP contribution in [-0.2, 0) is 11.0 Å². The Hall–Kier alpha value is -0.900. The zero-order valence-corrected chi connectivity index (χ0v) is 6.30. The van der Waals surface area contributed by atoms with Crippen LogP contribution in [0.4, 0.5) is 0 Å². The summed E-state index contributed by atoms with van der Waals surface area (Å²) in [5.41, 5.74) is 0.551. The van der Waals surface area contributed by atoms with Gasteiger partial charge in [0.1, 0.15) is 11.0 Å². The lowest BCUT2D eigenvalue weighted by atomic mass is 10.4. The van der Waals surface area contributed by atoms with Crippen molar-refractivity contribution >= 4 is 17.3 Å². The first-order chi connectivity index (χ1) is 4.74. The summed E-state index contributed by atoms with van der Waals surface area (Å²) < 4.78 is 12.2. The molecule has 0 spiro atoms. The van der Waals surface area contributed by atoms with Gasteiger partial charge in [-0.15, -0.1) is 0 Å². The molecule has 0 fully saturated rings. The van der Waals surface area contributed by atoms with Crippen molar-refractivity contribution in [1.82, 2.24) is 3.97 Å². The highest BCUT2D eigenvalue weighted by Crippen LogP contribution is 1.97. The van der Waals surface area contributed by atoms with Crippen LogP contribution in [0.1, 0.15) is 10.4 Å². The fraction of sp³-hybridized carbons (Fsp3) is 0.167. The number of hydrogen-bond donors (Lipinski definition) is 0. The van der Waals surface area contributed by atoms with Crippen molar-refractivity contribution in [3.8, 4) is 0 Å². The van der Waals surface area contributed by atoms with E-state index < -0.39 is 11.0 Å². The smallest absolute Gasteiger partial charge is 0.151 e. The highest BCUT2D eigenvalue weighted by Gasteiger charge is 1.95. The van der Waals surface area contributed by atoms with Crippen LogP contribution in [-0.4, -0.2) is 20.7 Å². The van der Waals surface area contributed by atoms with Crippen LogP contribution >= 0.6 is 0 Å². The number of carbonyl (C=O) groups is 1. The molecule has 0 radical (unpaired) electrons. The van der Waals surface area contributed by atoms with Crippen molar-refractivity contribution in [1.29, 1.82) is 0 Å². The van der Waals surface area contributed by atoms with Gasteiger partial charge in [-0.05, 0) is 6.07 Å². The van der Waals surface area contributed by atoms with Gasteiger partial charge in [0, 0.05) is 24.2 Å². The Morgan fingerprint density at radius 3 is 2.70 bits per heavy atom. The van der Waals surface area contributed by atoms with Crippen molar-refractivity contribution in [3.63, 3.8) is 0 Å². The molecule has 0 aliphatic rings. The molecule has 0 aliphatic carbocycles. The third-order valence-electron chi connectivity index (χ3n) is 1.12. The molecule has 1 aromatic heterocycles. The normalized spacial score (nSPS) is 12.9. The van der Waals surface area contributed by atoms with Crippen molar-refractivity contribution < 1.29 is 9.00 Å². The molecule has 0 saturated carbocycles. The van der Waals surface area contributed by atoms with Crippen LogP contribution in [0.15, 0.2) is 18.5 Å². The van der Waals surface area contributed by atoms with E-state index in [-0.39, 0.29) is 0 Å². The summed E-state index contributed by atoms with van der Waals surface area (Å²) in [6.45, 7) is 0. The Bertz CT molecular complexity index is 266. The maximum Gasteiger partial charge on any atom is 0.151 e. The number of aldehydes is 1. The zero-order valence-electron chi connectivity index (χ0n) is 5.48. The quantitative estimate of drug-likeness (QED) is 0.584. The van der Waals surface area contributed by atoms with E-state index in [0.717, 1.165) is 6.29 Å². The van der Waals surface area contributed by atoms with Gasteiger partial charge in [-0.25, -0.2) is 4.21 Å². The lowest BCUT2D eigenvalue weighted by molar-refractivity contribution is 0.112. The first kappa shape index (κ1) is 7.21. The van der Waals surface area contributed by atoms with E-state index in [1.54, 1.807) is 24.7 Å². The predicted octanol–water partition coefficient (Wildman–Crippen LogP) is 0.442. The maximum atomic E-state index is 10.7. The Morgan fingerprint density at radius 1 is 1.70 bits per heavy atom. The molecule has 0 aliphatic heterocycles. The monoisotopic (exact) mass is 157 g/mol. The van der Waals surface area contributed by atoms with Crippen molar-refractivity contribution in [2.75, 3.05) is 6.26 Å². The highest BCUT2D eigenvalue weighted by molar-refractivity contribution is 7.82. The first-order valence-electron chi connectivity index (χ1n) is 2.71. The predicted molar refractivity (Wildman–Crippen MR) is 39.3 cm³/mol. The van der Waals surface area contributed by atoms with Crippen molar-refractivity contribution in [2.24, 2.45) is 0 Å². The minimum absolute atomic E-state index is 0.551. The van der Waals surface area contributed by atoms with Crippen LogP contribution in [0.2, 0.25) is 0 Å². The van der Waals surface area contributed by atoms with Gasteiger partial charge in [0.05, 0.1) is 0 Å². The van der Waals surface area contributed by atoms with E-state index in [2.05, 4.69) is 0 Å². The van der Waals surface area contributed by atoms with Crippen molar-refractivity contribution in [2.45, 2.75) is 0 Å². The topological polar surface area (TPSA) is 39.1 Å². The number of rotatable bonds is 2. The molecule has 0 bridgehead atoms. The Labute approximate surface area is 61.3 Å². The van der Waals surface area contributed by atoms with E-state index in [0.29, 0.717) is 5.56 Å². The van der Waals surface area contributed by atoms with Crippen LogP contribution in [0.25, 0.3) is 0 Å². The minimum Gasteiger partial charge on any atom is -0.298 e. The van der Waals surface area contributed by atoms with Crippen LogP contribution in [0.5, 0.6) is 0 Å². The number of hydrogen-bond acceptors (Lipinski definition) is 2. The van der Waals surface area contributed by atoms with Gasteiger partial charge < -0.3 is 0 Å². The molecular formula is C6H7NO2S. The van der Waals surface area contributed by atoms with Gasteiger partial charge in [0.15, 0.2) is 6.29 Å². The summed E-state index contributed by atoms with van der Waals surface area (Å²) in [6.07, 6.45) is 5.43. The second-order valence-corrected chi connectivity index (χ2v) is 3.12. The minimum atomic E-state index is -1.05. The molecule has 1 heterocycles. The molecule has 1 aromatic rings. The molecule has 10 heavy (non-hydrogen) atoms. The van der Waals surface area contributed by atoms with Gasteiger partial charge in [0.25, 0.3) is 0 Å². The fourth-order valence-electron chi connectivity index (χ4n) is 0.622. The number of aromatic nitrogens is 1. The van der Waals surface area contributed by atoms with Gasteiger partial charge in [-0.3, -0.25) is 8.77 Å². The van der Waals surface area contributed by atoms with E-state index in [4.69, 9.17) is 0 Å². The summed E-state index contributed by atoms with van der Waals surface area (Å²) in [7, 11) is -1.05. The van der Waals surface area contributed by atoms with E-state index in [1.165, 1.54) is 3.97 Å². The molecule has 0 aromatic carbocycles. The molecule has 54 valence electrons. The lowest BCUT2D eigenvalue weighted by Gasteiger charge is -1.91. The molecule has 0 saturated heterocycles. The van der Waals surface area contributed by atoms with E-state index in [9.17, 15) is 9.00 Å². The summed E-state index contributed by atoms with van der Waals surface area (Å²) in [5.74, 6) is 0. The van der Waals surface area contributed by atoms with Gasteiger partial charge >= 0.3 is 0 Å². The maximum absolute atomic E-state index is 10.7. The molecule has 3 nitrogen and oxygen atoms in total. The average Bonchev–Trinajstić information content (AvgIpc) is 2.34.